The van der Waals surface area contributed by atoms with E-state index in [-0.39, 0.29) is 12.0 Å². The summed E-state index contributed by atoms with van der Waals surface area (Å²) in [5.41, 5.74) is 2.00. The van der Waals surface area contributed by atoms with Gasteiger partial charge in [-0.3, -0.25) is 0 Å². The van der Waals surface area contributed by atoms with Gasteiger partial charge >= 0.3 is 5.97 Å². The van der Waals surface area contributed by atoms with Crippen LogP contribution in [0.3, 0.4) is 0 Å². The minimum Gasteiger partial charge on any atom is -0.451 e. The van der Waals surface area contributed by atoms with E-state index < -0.39 is 6.10 Å². The largest absolute Gasteiger partial charge is 0.451 e. The first-order chi connectivity index (χ1) is 16.6. The molecule has 4 aromatic carbocycles. The number of fused-ring (bicyclic) bond motifs is 2. The van der Waals surface area contributed by atoms with Gasteiger partial charge in [0, 0.05) is 23.5 Å². The highest BCUT2D eigenvalue weighted by molar-refractivity contribution is 5.90. The van der Waals surface area contributed by atoms with Gasteiger partial charge < -0.3 is 9.30 Å². The molecular formula is C31H29NO2. The fourth-order valence-electron chi connectivity index (χ4n) is 4.79. The van der Waals surface area contributed by atoms with E-state index in [1.807, 2.05) is 65.5 Å². The molecule has 170 valence electrons. The molecule has 3 heteroatoms. The van der Waals surface area contributed by atoms with Crippen LogP contribution in [0.25, 0.3) is 21.5 Å². The topological polar surface area (TPSA) is 31.2 Å². The third kappa shape index (κ3) is 4.34. The van der Waals surface area contributed by atoms with Crippen LogP contribution in [0.5, 0.6) is 0 Å². The van der Waals surface area contributed by atoms with E-state index in [0.29, 0.717) is 12.3 Å². The maximum Gasteiger partial charge on any atom is 0.330 e. The Balaban J connectivity index is 1.65. The molecule has 5 aromatic rings. The first-order valence-corrected chi connectivity index (χ1v) is 11.9. The Hall–Kier alpha value is -3.85. The molecule has 0 saturated heterocycles. The van der Waals surface area contributed by atoms with E-state index in [0.717, 1.165) is 32.7 Å². The van der Waals surface area contributed by atoms with Gasteiger partial charge in [-0.25, -0.2) is 4.79 Å². The van der Waals surface area contributed by atoms with Crippen LogP contribution in [0.1, 0.15) is 43.5 Å². The first-order valence-electron chi connectivity index (χ1n) is 11.9. The fraction of sp³-hybridized carbons (Fsp3) is 0.194. The average Bonchev–Trinajstić information content (AvgIpc) is 3.40. The maximum atomic E-state index is 13.8. The summed E-state index contributed by atoms with van der Waals surface area (Å²) in [5.74, 6) is 0.143. The Labute approximate surface area is 200 Å². The number of carbonyl (C=O) groups excluding carboxylic acids is 1. The Morgan fingerprint density at radius 2 is 1.21 bits per heavy atom. The molecule has 0 radical (unpaired) electrons. The molecule has 3 nitrogen and oxygen atoms in total. The van der Waals surface area contributed by atoms with Gasteiger partial charge in [-0.15, -0.1) is 0 Å². The quantitative estimate of drug-likeness (QED) is 0.239. The molecule has 0 amide bonds. The van der Waals surface area contributed by atoms with E-state index in [9.17, 15) is 4.79 Å². The lowest BCUT2D eigenvalue weighted by atomic mass is 9.92. The average molecular weight is 448 g/mol. The van der Waals surface area contributed by atoms with Gasteiger partial charge in [-0.2, -0.15) is 0 Å². The van der Waals surface area contributed by atoms with Crippen molar-refractivity contribution < 1.29 is 9.53 Å². The second kappa shape index (κ2) is 9.56. The number of nitrogens with zero attached hydrogens (tertiary/aromatic N) is 1. The van der Waals surface area contributed by atoms with Crippen molar-refractivity contribution in [3.05, 3.63) is 121 Å². The third-order valence-electron chi connectivity index (χ3n) is 6.40. The van der Waals surface area contributed by atoms with Crippen LogP contribution in [0.15, 0.2) is 109 Å². The summed E-state index contributed by atoms with van der Waals surface area (Å²) in [6.45, 7) is 4.27. The van der Waals surface area contributed by atoms with Gasteiger partial charge in [0.05, 0.1) is 0 Å². The summed E-state index contributed by atoms with van der Waals surface area (Å²) >= 11 is 0. The predicted molar refractivity (Wildman–Crippen MR) is 139 cm³/mol. The second-order valence-electron chi connectivity index (χ2n) is 9.23. The molecule has 0 N–H and O–H groups in total. The first kappa shape index (κ1) is 22.0. The SMILES string of the molecule is CC(C)C[C@@H](C(=O)OC(c1cccc2ccccc12)c1cccc2ccccc12)n1cccc1. The Kier molecular flexibility index (Phi) is 6.18. The number of hydrogen-bond acceptors (Lipinski definition) is 2. The van der Waals surface area contributed by atoms with Crippen LogP contribution >= 0.6 is 0 Å². The highest BCUT2D eigenvalue weighted by atomic mass is 16.5. The minimum atomic E-state index is -0.519. The molecule has 5 rings (SSSR count). The molecular weight excluding hydrogens is 418 g/mol. The number of benzene rings is 4. The summed E-state index contributed by atoms with van der Waals surface area (Å²) in [6.07, 6.45) is 4.08. The molecule has 1 atom stereocenters. The van der Waals surface area contributed by atoms with Crippen LogP contribution in [0.2, 0.25) is 0 Å². The van der Waals surface area contributed by atoms with Gasteiger partial charge in [0.1, 0.15) is 6.04 Å². The molecule has 0 fully saturated rings. The molecule has 0 aliphatic carbocycles. The van der Waals surface area contributed by atoms with Crippen molar-refractivity contribution in [3.63, 3.8) is 0 Å². The zero-order chi connectivity index (χ0) is 23.5. The van der Waals surface area contributed by atoms with Crippen molar-refractivity contribution in [1.29, 1.82) is 0 Å². The van der Waals surface area contributed by atoms with Crippen LogP contribution in [-0.4, -0.2) is 10.5 Å². The molecule has 1 heterocycles. The summed E-state index contributed by atoms with van der Waals surface area (Å²) < 4.78 is 8.43. The number of ether oxygens (including phenoxy) is 1. The van der Waals surface area contributed by atoms with Gasteiger partial charge in [-0.05, 0) is 46.0 Å². The lowest BCUT2D eigenvalue weighted by Gasteiger charge is -2.26. The molecule has 0 saturated carbocycles. The number of esters is 1. The minimum absolute atomic E-state index is 0.212. The summed E-state index contributed by atoms with van der Waals surface area (Å²) in [6, 6.07) is 32.5. The van der Waals surface area contributed by atoms with Crippen LogP contribution in [0, 0.1) is 5.92 Å². The summed E-state index contributed by atoms with van der Waals surface area (Å²) in [4.78, 5) is 13.8. The normalized spacial score (nSPS) is 12.5. The number of aromatic nitrogens is 1. The zero-order valence-corrected chi connectivity index (χ0v) is 19.6. The van der Waals surface area contributed by atoms with E-state index in [1.54, 1.807) is 0 Å². The van der Waals surface area contributed by atoms with Crippen LogP contribution in [-0.2, 0) is 9.53 Å². The number of hydrogen-bond donors (Lipinski definition) is 0. The fourth-order valence-corrected chi connectivity index (χ4v) is 4.79. The number of carbonyl (C=O) groups is 1. The van der Waals surface area contributed by atoms with Crippen molar-refractivity contribution in [3.8, 4) is 0 Å². The van der Waals surface area contributed by atoms with Crippen LogP contribution in [0.4, 0.5) is 0 Å². The third-order valence-corrected chi connectivity index (χ3v) is 6.40. The number of rotatable bonds is 7. The van der Waals surface area contributed by atoms with Crippen molar-refractivity contribution in [2.75, 3.05) is 0 Å². The molecule has 0 aliphatic rings. The van der Waals surface area contributed by atoms with E-state index in [4.69, 9.17) is 4.74 Å². The molecule has 0 bridgehead atoms. The van der Waals surface area contributed by atoms with Gasteiger partial charge in [0.25, 0.3) is 0 Å². The van der Waals surface area contributed by atoms with E-state index in [2.05, 4.69) is 62.4 Å². The van der Waals surface area contributed by atoms with Crippen molar-refractivity contribution in [2.45, 2.75) is 32.4 Å². The smallest absolute Gasteiger partial charge is 0.330 e. The van der Waals surface area contributed by atoms with Crippen molar-refractivity contribution in [2.24, 2.45) is 5.92 Å². The van der Waals surface area contributed by atoms with Crippen molar-refractivity contribution >= 4 is 27.5 Å². The van der Waals surface area contributed by atoms with Gasteiger partial charge in [-0.1, -0.05) is 98.8 Å². The molecule has 0 aliphatic heterocycles. The van der Waals surface area contributed by atoms with Crippen molar-refractivity contribution in [1.82, 2.24) is 4.57 Å². The van der Waals surface area contributed by atoms with Gasteiger partial charge in [0.15, 0.2) is 6.10 Å². The highest BCUT2D eigenvalue weighted by Gasteiger charge is 2.29. The molecule has 0 unspecified atom stereocenters. The van der Waals surface area contributed by atoms with E-state index in [1.165, 1.54) is 0 Å². The second-order valence-corrected chi connectivity index (χ2v) is 9.23. The Morgan fingerprint density at radius 3 is 1.74 bits per heavy atom. The highest BCUT2D eigenvalue weighted by Crippen LogP contribution is 2.37. The predicted octanol–water partition coefficient (Wildman–Crippen LogP) is 7.71. The zero-order valence-electron chi connectivity index (χ0n) is 19.6. The Morgan fingerprint density at radius 1 is 0.706 bits per heavy atom. The maximum absolute atomic E-state index is 13.8. The molecule has 34 heavy (non-hydrogen) atoms. The molecule has 0 spiro atoms. The summed E-state index contributed by atoms with van der Waals surface area (Å²) in [5, 5.41) is 4.45. The Bertz CT molecular complexity index is 1330. The van der Waals surface area contributed by atoms with Crippen LogP contribution < -0.4 is 0 Å². The lowest BCUT2D eigenvalue weighted by Crippen LogP contribution is -2.25. The standard InChI is InChI=1S/C31H29NO2/c1-22(2)21-29(32-19-7-8-20-32)31(33)34-30(27-17-9-13-23-11-3-5-15-25(23)27)28-18-10-14-24-12-4-6-16-26(24)28/h3-20,22,29-30H,21H2,1-2H3/t29-/m0/s1. The summed E-state index contributed by atoms with van der Waals surface area (Å²) in [7, 11) is 0. The molecule has 1 aromatic heterocycles. The lowest BCUT2D eigenvalue weighted by molar-refractivity contribution is -0.152. The monoisotopic (exact) mass is 447 g/mol. The van der Waals surface area contributed by atoms with E-state index >= 15 is 0 Å². The van der Waals surface area contributed by atoms with Gasteiger partial charge in [0.2, 0.25) is 0 Å².